The number of amidine groups is 1. The highest BCUT2D eigenvalue weighted by atomic mass is 79.9. The summed E-state index contributed by atoms with van der Waals surface area (Å²) in [5.41, 5.74) is 1.13. The first-order valence-electron chi connectivity index (χ1n) is 8.34. The zero-order valence-electron chi connectivity index (χ0n) is 14.8. The summed E-state index contributed by atoms with van der Waals surface area (Å²) in [6.07, 6.45) is 1.52. The van der Waals surface area contributed by atoms with Crippen LogP contribution in [0, 0.1) is 0 Å². The molecule has 7 nitrogen and oxygen atoms in total. The van der Waals surface area contributed by atoms with Gasteiger partial charge in [0.15, 0.2) is 16.7 Å². The minimum Gasteiger partial charge on any atom is -0.490 e. The van der Waals surface area contributed by atoms with Crippen molar-refractivity contribution in [3.8, 4) is 11.5 Å². The normalized spacial score (nSPS) is 15.1. The number of hydrogen-bond donors (Lipinski definition) is 1. The molecule has 1 N–H and O–H groups in total. The van der Waals surface area contributed by atoms with Crippen LogP contribution in [0.3, 0.4) is 0 Å². The van der Waals surface area contributed by atoms with E-state index in [0.717, 1.165) is 0 Å². The fourth-order valence-electron chi connectivity index (χ4n) is 2.25. The Balaban J connectivity index is 1.81. The molecule has 9 heteroatoms. The fourth-order valence-corrected chi connectivity index (χ4v) is 3.31. The Labute approximate surface area is 174 Å². The van der Waals surface area contributed by atoms with Gasteiger partial charge in [0.25, 0.3) is 0 Å². The van der Waals surface area contributed by atoms with E-state index >= 15 is 0 Å². The number of esters is 1. The molecular weight excluding hydrogens is 446 g/mol. The van der Waals surface area contributed by atoms with Gasteiger partial charge in [-0.15, -0.1) is 5.10 Å². The van der Waals surface area contributed by atoms with Gasteiger partial charge >= 0.3 is 5.97 Å². The first kappa shape index (κ1) is 20.1. The summed E-state index contributed by atoms with van der Waals surface area (Å²) < 4.78 is 11.8. The van der Waals surface area contributed by atoms with Crippen LogP contribution in [0.15, 0.2) is 57.1 Å². The molecule has 1 fully saturated rings. The largest absolute Gasteiger partial charge is 0.490 e. The summed E-state index contributed by atoms with van der Waals surface area (Å²) >= 11 is 4.73. The fraction of sp³-hybridized carbons (Fsp3) is 0.158. The van der Waals surface area contributed by atoms with Gasteiger partial charge in [0, 0.05) is 10.0 Å². The summed E-state index contributed by atoms with van der Waals surface area (Å²) in [4.78, 5) is 23.5. The number of carbonyl (C=O) groups excluding carboxylic acids is 2. The molecule has 0 saturated carbocycles. The second-order valence-corrected chi connectivity index (χ2v) is 7.31. The highest BCUT2D eigenvalue weighted by molar-refractivity contribution is 9.10. The molecule has 1 amide bonds. The van der Waals surface area contributed by atoms with Crippen LogP contribution in [0.1, 0.15) is 22.8 Å². The Kier molecular flexibility index (Phi) is 6.83. The molecule has 1 aliphatic rings. The quantitative estimate of drug-likeness (QED) is 0.307. The number of nitrogens with zero attached hydrogens (tertiary/aromatic N) is 2. The molecule has 28 heavy (non-hydrogen) atoms. The van der Waals surface area contributed by atoms with Crippen LogP contribution in [0.4, 0.5) is 0 Å². The number of halogens is 1. The van der Waals surface area contributed by atoms with Crippen molar-refractivity contribution in [3.05, 3.63) is 58.1 Å². The van der Waals surface area contributed by atoms with Crippen molar-refractivity contribution in [3.63, 3.8) is 0 Å². The minimum atomic E-state index is -0.477. The maximum absolute atomic E-state index is 12.3. The number of thioether (sulfide) groups is 1. The Hall–Kier alpha value is -2.65. The molecule has 0 unspecified atom stereocenters. The van der Waals surface area contributed by atoms with Crippen LogP contribution < -0.4 is 14.8 Å². The summed E-state index contributed by atoms with van der Waals surface area (Å²) in [5.74, 6) is 0.476. The number of hydrogen-bond acceptors (Lipinski definition) is 7. The van der Waals surface area contributed by atoms with Crippen molar-refractivity contribution >= 4 is 51.0 Å². The third kappa shape index (κ3) is 5.20. The molecule has 144 valence electrons. The third-order valence-corrected chi connectivity index (χ3v) is 5.06. The predicted molar refractivity (Wildman–Crippen MR) is 112 cm³/mol. The lowest BCUT2D eigenvalue weighted by Gasteiger charge is -2.12. The first-order valence-corrected chi connectivity index (χ1v) is 10.1. The number of ether oxygens (including phenoxy) is 2. The SMILES string of the molecule is CCOc1cc(C=NN=C2NC(=O)CS2)c(Br)cc1OC(=O)c1ccccc1. The van der Waals surface area contributed by atoms with E-state index in [1.807, 2.05) is 13.0 Å². The van der Waals surface area contributed by atoms with Crippen LogP contribution >= 0.6 is 27.7 Å². The van der Waals surface area contributed by atoms with Crippen LogP contribution in [-0.2, 0) is 4.79 Å². The third-order valence-electron chi connectivity index (χ3n) is 3.51. The predicted octanol–water partition coefficient (Wildman–Crippen LogP) is 3.62. The van der Waals surface area contributed by atoms with Gasteiger partial charge in [0.2, 0.25) is 5.91 Å². The molecule has 2 aromatic rings. The van der Waals surface area contributed by atoms with E-state index in [0.29, 0.717) is 44.6 Å². The number of amides is 1. The van der Waals surface area contributed by atoms with E-state index < -0.39 is 5.97 Å². The maximum atomic E-state index is 12.3. The number of rotatable bonds is 6. The van der Waals surface area contributed by atoms with Crippen molar-refractivity contribution in [1.29, 1.82) is 0 Å². The summed E-state index contributed by atoms with van der Waals surface area (Å²) in [6, 6.07) is 12.1. The van der Waals surface area contributed by atoms with E-state index in [4.69, 9.17) is 9.47 Å². The van der Waals surface area contributed by atoms with Gasteiger partial charge in [0.05, 0.1) is 24.1 Å². The molecule has 0 aliphatic carbocycles. The lowest BCUT2D eigenvalue weighted by molar-refractivity contribution is -0.116. The van der Waals surface area contributed by atoms with E-state index in [1.54, 1.807) is 36.4 Å². The van der Waals surface area contributed by atoms with Crippen molar-refractivity contribution in [2.45, 2.75) is 6.92 Å². The van der Waals surface area contributed by atoms with Crippen LogP contribution in [-0.4, -0.2) is 35.6 Å². The lowest BCUT2D eigenvalue weighted by Crippen LogP contribution is -2.19. The molecule has 0 bridgehead atoms. The molecule has 2 aromatic carbocycles. The highest BCUT2D eigenvalue weighted by Gasteiger charge is 2.17. The number of benzene rings is 2. The van der Waals surface area contributed by atoms with Crippen molar-refractivity contribution in [1.82, 2.24) is 5.32 Å². The average Bonchev–Trinajstić information content (AvgIpc) is 3.11. The lowest BCUT2D eigenvalue weighted by atomic mass is 10.2. The standard InChI is InChI=1S/C19H16BrN3O4S/c1-2-26-15-8-13(10-21-23-19-22-17(24)11-28-19)14(20)9-16(15)27-18(25)12-6-4-3-5-7-12/h3-10H,2,11H2,1H3,(H,22,23,24). The van der Waals surface area contributed by atoms with Gasteiger partial charge in [-0.25, -0.2) is 4.79 Å². The Morgan fingerprint density at radius 3 is 2.75 bits per heavy atom. The van der Waals surface area contributed by atoms with E-state index in [1.165, 1.54) is 18.0 Å². The van der Waals surface area contributed by atoms with Crippen LogP contribution in [0.25, 0.3) is 0 Å². The summed E-state index contributed by atoms with van der Waals surface area (Å²) in [6.45, 7) is 2.24. The molecule has 0 aromatic heterocycles. The average molecular weight is 462 g/mol. The second kappa shape index (κ2) is 9.52. The smallest absolute Gasteiger partial charge is 0.343 e. The van der Waals surface area contributed by atoms with Gasteiger partial charge in [-0.3, -0.25) is 4.79 Å². The van der Waals surface area contributed by atoms with Crippen molar-refractivity contribution in [2.75, 3.05) is 12.4 Å². The molecule has 1 heterocycles. The molecular formula is C19H16BrN3O4S. The number of nitrogens with one attached hydrogen (secondary N) is 1. The van der Waals surface area contributed by atoms with E-state index in [-0.39, 0.29) is 5.91 Å². The van der Waals surface area contributed by atoms with Gasteiger partial charge in [-0.05, 0) is 47.1 Å². The monoisotopic (exact) mass is 461 g/mol. The minimum absolute atomic E-state index is 0.0941. The summed E-state index contributed by atoms with van der Waals surface area (Å²) in [7, 11) is 0. The molecule has 1 saturated heterocycles. The van der Waals surface area contributed by atoms with Crippen LogP contribution in [0.2, 0.25) is 0 Å². The topological polar surface area (TPSA) is 89.3 Å². The van der Waals surface area contributed by atoms with Gasteiger partial charge in [0.1, 0.15) is 0 Å². The van der Waals surface area contributed by atoms with Gasteiger partial charge < -0.3 is 14.8 Å². The zero-order chi connectivity index (χ0) is 19.9. The van der Waals surface area contributed by atoms with Crippen LogP contribution in [0.5, 0.6) is 11.5 Å². The Bertz CT molecular complexity index is 948. The summed E-state index contributed by atoms with van der Waals surface area (Å²) in [5, 5.41) is 11.0. The zero-order valence-corrected chi connectivity index (χ0v) is 17.2. The molecule has 1 aliphatic heterocycles. The molecule has 3 rings (SSSR count). The van der Waals surface area contributed by atoms with Gasteiger partial charge in [-0.2, -0.15) is 5.10 Å². The Morgan fingerprint density at radius 2 is 2.07 bits per heavy atom. The van der Waals surface area contributed by atoms with Crippen molar-refractivity contribution < 1.29 is 19.1 Å². The Morgan fingerprint density at radius 1 is 1.29 bits per heavy atom. The molecule has 0 radical (unpaired) electrons. The maximum Gasteiger partial charge on any atom is 0.343 e. The molecule has 0 atom stereocenters. The van der Waals surface area contributed by atoms with E-state index in [9.17, 15) is 9.59 Å². The van der Waals surface area contributed by atoms with Gasteiger partial charge in [-0.1, -0.05) is 30.0 Å². The molecule has 0 spiro atoms. The first-order chi connectivity index (χ1) is 13.6. The highest BCUT2D eigenvalue weighted by Crippen LogP contribution is 2.34. The second-order valence-electron chi connectivity index (χ2n) is 5.50. The van der Waals surface area contributed by atoms with Crippen molar-refractivity contribution in [2.24, 2.45) is 10.2 Å². The number of carbonyl (C=O) groups is 2. The van der Waals surface area contributed by atoms with E-state index in [2.05, 4.69) is 31.4 Å².